The number of halogens is 2. The highest BCUT2D eigenvalue weighted by Gasteiger charge is 2.35. The Kier molecular flexibility index (Phi) is 4.19. The first-order valence-corrected chi connectivity index (χ1v) is 8.93. The monoisotopic (exact) mass is 426 g/mol. The summed E-state index contributed by atoms with van der Waals surface area (Å²) in [5, 5.41) is 17.6. The molecule has 0 radical (unpaired) electrons. The quantitative estimate of drug-likeness (QED) is 0.620. The van der Waals surface area contributed by atoms with Crippen LogP contribution in [0.3, 0.4) is 0 Å². The molecule has 26 heavy (non-hydrogen) atoms. The van der Waals surface area contributed by atoms with E-state index >= 15 is 0 Å². The Hall–Kier alpha value is -2.75. The van der Waals surface area contributed by atoms with Gasteiger partial charge in [-0.15, -0.1) is 5.10 Å². The predicted octanol–water partition coefficient (Wildman–Crippen LogP) is 4.71. The SMILES string of the molecule is N#CC1=C(N)Oc2n[nH]c(-c3ccc(Cl)cc3)c2C1c1cccc(Br)c1. The molecule has 7 heteroatoms. The van der Waals surface area contributed by atoms with Crippen molar-refractivity contribution in [1.82, 2.24) is 10.2 Å². The summed E-state index contributed by atoms with van der Waals surface area (Å²) >= 11 is 9.49. The first-order chi connectivity index (χ1) is 12.6. The second-order valence-electron chi connectivity index (χ2n) is 5.80. The molecule has 0 saturated carbocycles. The molecule has 2 heterocycles. The molecule has 0 saturated heterocycles. The van der Waals surface area contributed by atoms with Crippen molar-refractivity contribution in [3.63, 3.8) is 0 Å². The molecule has 128 valence electrons. The second-order valence-corrected chi connectivity index (χ2v) is 7.16. The van der Waals surface area contributed by atoms with Crippen LogP contribution in [0.2, 0.25) is 5.02 Å². The van der Waals surface area contributed by atoms with Gasteiger partial charge >= 0.3 is 0 Å². The molecule has 1 unspecified atom stereocenters. The maximum absolute atomic E-state index is 9.70. The number of H-pyrrole nitrogens is 1. The van der Waals surface area contributed by atoms with Crippen LogP contribution in [0.5, 0.6) is 5.88 Å². The molecule has 1 atom stereocenters. The second kappa shape index (κ2) is 6.52. The van der Waals surface area contributed by atoms with Gasteiger partial charge < -0.3 is 10.5 Å². The summed E-state index contributed by atoms with van der Waals surface area (Å²) in [5.41, 5.74) is 9.69. The van der Waals surface area contributed by atoms with Crippen LogP contribution in [0.1, 0.15) is 17.0 Å². The number of benzene rings is 2. The molecule has 0 amide bonds. The molecule has 1 aliphatic rings. The third kappa shape index (κ3) is 2.75. The molecule has 0 fully saturated rings. The van der Waals surface area contributed by atoms with E-state index < -0.39 is 0 Å². The van der Waals surface area contributed by atoms with Crippen molar-refractivity contribution in [2.24, 2.45) is 5.73 Å². The van der Waals surface area contributed by atoms with Gasteiger partial charge in [-0.3, -0.25) is 5.10 Å². The first kappa shape index (κ1) is 16.7. The largest absolute Gasteiger partial charge is 0.420 e. The zero-order valence-corrected chi connectivity index (χ0v) is 15.7. The minimum absolute atomic E-state index is 0.0686. The number of hydrogen-bond acceptors (Lipinski definition) is 4. The average Bonchev–Trinajstić information content (AvgIpc) is 3.04. The molecule has 2 aromatic carbocycles. The van der Waals surface area contributed by atoms with Crippen LogP contribution in [0.25, 0.3) is 11.3 Å². The third-order valence-electron chi connectivity index (χ3n) is 4.25. The van der Waals surface area contributed by atoms with Crippen LogP contribution in [0.15, 0.2) is 64.5 Å². The zero-order chi connectivity index (χ0) is 18.3. The number of rotatable bonds is 2. The van der Waals surface area contributed by atoms with Gasteiger partial charge in [-0.05, 0) is 29.8 Å². The van der Waals surface area contributed by atoms with Crippen LogP contribution in [-0.2, 0) is 0 Å². The van der Waals surface area contributed by atoms with Gasteiger partial charge in [0, 0.05) is 15.1 Å². The van der Waals surface area contributed by atoms with Crippen LogP contribution in [0, 0.1) is 11.3 Å². The number of hydrogen-bond donors (Lipinski definition) is 2. The lowest BCUT2D eigenvalue weighted by atomic mass is 9.83. The van der Waals surface area contributed by atoms with E-state index in [0.717, 1.165) is 26.9 Å². The number of nitriles is 1. The number of aromatic amines is 1. The standard InChI is InChI=1S/C19H12BrClN4O/c20-12-3-1-2-11(8-12)15-14(9-22)18(23)26-19-16(15)17(24-25-19)10-4-6-13(21)7-5-10/h1-8,15H,23H2,(H,24,25). The van der Waals surface area contributed by atoms with Crippen LogP contribution >= 0.6 is 27.5 Å². The Balaban J connectivity index is 1.95. The topological polar surface area (TPSA) is 87.7 Å². The van der Waals surface area contributed by atoms with Crippen molar-refractivity contribution in [2.45, 2.75) is 5.92 Å². The fourth-order valence-electron chi connectivity index (χ4n) is 3.10. The normalized spacial score (nSPS) is 16.0. The Labute approximate surface area is 163 Å². The summed E-state index contributed by atoms with van der Waals surface area (Å²) in [6.45, 7) is 0. The van der Waals surface area contributed by atoms with Gasteiger partial charge in [0.25, 0.3) is 0 Å². The highest BCUT2D eigenvalue weighted by molar-refractivity contribution is 9.10. The van der Waals surface area contributed by atoms with Gasteiger partial charge in [-0.2, -0.15) is 5.26 Å². The molecule has 1 aliphatic heterocycles. The predicted molar refractivity (Wildman–Crippen MR) is 102 cm³/mol. The fraction of sp³-hybridized carbons (Fsp3) is 0.0526. The number of fused-ring (bicyclic) bond motifs is 1. The molecule has 0 aliphatic carbocycles. The van der Waals surface area contributed by atoms with Crippen LogP contribution in [-0.4, -0.2) is 10.2 Å². The van der Waals surface area contributed by atoms with Gasteiger partial charge in [0.1, 0.15) is 11.6 Å². The van der Waals surface area contributed by atoms with Crippen molar-refractivity contribution >= 4 is 27.5 Å². The molecule has 0 spiro atoms. The van der Waals surface area contributed by atoms with Gasteiger partial charge in [0.15, 0.2) is 0 Å². The number of nitrogens with two attached hydrogens (primary N) is 1. The Morgan fingerprint density at radius 3 is 2.69 bits per heavy atom. The maximum Gasteiger partial charge on any atom is 0.244 e. The van der Waals surface area contributed by atoms with E-state index in [1.165, 1.54) is 0 Å². The van der Waals surface area contributed by atoms with Crippen LogP contribution < -0.4 is 10.5 Å². The minimum Gasteiger partial charge on any atom is -0.420 e. The van der Waals surface area contributed by atoms with E-state index in [0.29, 0.717) is 16.5 Å². The van der Waals surface area contributed by atoms with E-state index in [4.69, 9.17) is 22.1 Å². The third-order valence-corrected chi connectivity index (χ3v) is 5.00. The summed E-state index contributed by atoms with van der Waals surface area (Å²) in [6.07, 6.45) is 0. The lowest BCUT2D eigenvalue weighted by molar-refractivity contribution is 0.379. The van der Waals surface area contributed by atoms with Gasteiger partial charge in [0.2, 0.25) is 11.8 Å². The van der Waals surface area contributed by atoms with E-state index in [9.17, 15) is 5.26 Å². The first-order valence-electron chi connectivity index (χ1n) is 7.75. The molecule has 4 rings (SSSR count). The summed E-state index contributed by atoms with van der Waals surface area (Å²) < 4.78 is 6.51. The number of nitrogens with one attached hydrogen (secondary N) is 1. The number of aromatic nitrogens is 2. The Morgan fingerprint density at radius 2 is 2.00 bits per heavy atom. The summed E-state index contributed by atoms with van der Waals surface area (Å²) in [6, 6.07) is 17.3. The van der Waals surface area contributed by atoms with Gasteiger partial charge in [-0.1, -0.05) is 51.8 Å². The van der Waals surface area contributed by atoms with Crippen molar-refractivity contribution in [2.75, 3.05) is 0 Å². The van der Waals surface area contributed by atoms with Crippen molar-refractivity contribution in [1.29, 1.82) is 5.26 Å². The minimum atomic E-state index is -0.384. The molecule has 3 N–H and O–H groups in total. The lowest BCUT2D eigenvalue weighted by Crippen LogP contribution is -2.21. The summed E-state index contributed by atoms with van der Waals surface area (Å²) in [4.78, 5) is 0. The summed E-state index contributed by atoms with van der Waals surface area (Å²) in [7, 11) is 0. The highest BCUT2D eigenvalue weighted by atomic mass is 79.9. The van der Waals surface area contributed by atoms with E-state index in [-0.39, 0.29) is 11.8 Å². The van der Waals surface area contributed by atoms with Gasteiger partial charge in [0.05, 0.1) is 17.2 Å². The molecule has 1 aromatic heterocycles. The smallest absolute Gasteiger partial charge is 0.244 e. The number of ether oxygens (including phenoxy) is 1. The fourth-order valence-corrected chi connectivity index (χ4v) is 3.64. The van der Waals surface area contributed by atoms with E-state index in [2.05, 4.69) is 32.2 Å². The Bertz CT molecular complexity index is 1070. The average molecular weight is 428 g/mol. The van der Waals surface area contributed by atoms with Crippen LogP contribution in [0.4, 0.5) is 0 Å². The summed E-state index contributed by atoms with van der Waals surface area (Å²) in [5.74, 6) is 0.0567. The molecule has 5 nitrogen and oxygen atoms in total. The lowest BCUT2D eigenvalue weighted by Gasteiger charge is -2.24. The molecule has 0 bridgehead atoms. The Morgan fingerprint density at radius 1 is 1.23 bits per heavy atom. The van der Waals surface area contributed by atoms with E-state index in [1.54, 1.807) is 12.1 Å². The van der Waals surface area contributed by atoms with Gasteiger partial charge in [-0.25, -0.2) is 0 Å². The molecular formula is C19H12BrClN4O. The van der Waals surface area contributed by atoms with Crippen molar-refractivity contribution < 1.29 is 4.74 Å². The van der Waals surface area contributed by atoms with E-state index in [1.807, 2.05) is 36.4 Å². The number of nitrogens with zero attached hydrogens (tertiary/aromatic N) is 2. The number of allylic oxidation sites excluding steroid dienone is 1. The molecule has 3 aromatic rings. The van der Waals surface area contributed by atoms with Crippen molar-refractivity contribution in [3.05, 3.63) is 80.6 Å². The zero-order valence-electron chi connectivity index (χ0n) is 13.3. The molecular weight excluding hydrogens is 416 g/mol. The maximum atomic E-state index is 9.70. The highest BCUT2D eigenvalue weighted by Crippen LogP contribution is 2.45. The van der Waals surface area contributed by atoms with Crippen molar-refractivity contribution in [3.8, 4) is 23.2 Å².